The van der Waals surface area contributed by atoms with Crippen LogP contribution in [0.5, 0.6) is 0 Å². The Morgan fingerprint density at radius 2 is 2.12 bits per heavy atom. The quantitative estimate of drug-likeness (QED) is 0.854. The van der Waals surface area contributed by atoms with Crippen molar-refractivity contribution < 1.29 is 13.2 Å². The summed E-state index contributed by atoms with van der Waals surface area (Å²) in [5, 5.41) is 2.90. The van der Waals surface area contributed by atoms with Crippen LogP contribution in [0.1, 0.15) is 25.0 Å². The molecule has 2 rings (SSSR count). The molecule has 7 heteroatoms. The fourth-order valence-corrected chi connectivity index (χ4v) is 2.04. The summed E-state index contributed by atoms with van der Waals surface area (Å²) in [5.41, 5.74) is -1.29. The van der Waals surface area contributed by atoms with Gasteiger partial charge >= 0.3 is 6.18 Å². The zero-order chi connectivity index (χ0) is 12.5. The predicted octanol–water partition coefficient (Wildman–Crippen LogP) is 3.07. The van der Waals surface area contributed by atoms with E-state index in [1.165, 1.54) is 0 Å². The highest BCUT2D eigenvalue weighted by molar-refractivity contribution is 6.18. The first-order valence-electron chi connectivity index (χ1n) is 5.20. The van der Waals surface area contributed by atoms with Crippen LogP contribution in [0.4, 0.5) is 19.1 Å². The molecule has 1 N–H and O–H groups in total. The molecule has 0 aliphatic heterocycles. The molecule has 0 spiro atoms. The van der Waals surface area contributed by atoms with Gasteiger partial charge in [-0.2, -0.15) is 13.2 Å². The molecule has 0 amide bonds. The fraction of sp³-hybridized carbons (Fsp3) is 0.600. The van der Waals surface area contributed by atoms with Gasteiger partial charge in [-0.3, -0.25) is 0 Å². The van der Waals surface area contributed by atoms with Crippen LogP contribution in [0.2, 0.25) is 0 Å². The average molecular weight is 266 g/mol. The van der Waals surface area contributed by atoms with E-state index in [-0.39, 0.29) is 11.5 Å². The summed E-state index contributed by atoms with van der Waals surface area (Å²) in [7, 11) is 0. The summed E-state index contributed by atoms with van der Waals surface area (Å²) in [5.74, 6) is 0.326. The molecule has 1 aromatic heterocycles. The number of hydrogen-bond acceptors (Lipinski definition) is 3. The van der Waals surface area contributed by atoms with Gasteiger partial charge in [0, 0.05) is 12.1 Å². The lowest BCUT2D eigenvalue weighted by molar-refractivity contribution is -0.141. The maximum atomic E-state index is 12.4. The van der Waals surface area contributed by atoms with Crippen molar-refractivity contribution >= 4 is 17.5 Å². The second kappa shape index (κ2) is 4.33. The van der Waals surface area contributed by atoms with E-state index in [9.17, 15) is 13.2 Å². The van der Waals surface area contributed by atoms with Crippen molar-refractivity contribution in [1.82, 2.24) is 9.97 Å². The second-order valence-electron chi connectivity index (χ2n) is 4.16. The first-order chi connectivity index (χ1) is 7.95. The fourth-order valence-electron chi connectivity index (χ4n) is 1.71. The zero-order valence-electron chi connectivity index (χ0n) is 8.89. The average Bonchev–Trinajstić information content (AvgIpc) is 2.23. The van der Waals surface area contributed by atoms with Gasteiger partial charge < -0.3 is 5.32 Å². The minimum absolute atomic E-state index is 0.0137. The van der Waals surface area contributed by atoms with Crippen LogP contribution in [0.25, 0.3) is 0 Å². The summed E-state index contributed by atoms with van der Waals surface area (Å²) in [6, 6.07) is 0.847. The van der Waals surface area contributed by atoms with Gasteiger partial charge in [0.25, 0.3) is 0 Å². The maximum absolute atomic E-state index is 12.4. The van der Waals surface area contributed by atoms with E-state index in [0.717, 1.165) is 31.5 Å². The Hall–Kier alpha value is -1.04. The third kappa shape index (κ3) is 2.62. The van der Waals surface area contributed by atoms with Crippen LogP contribution < -0.4 is 5.32 Å². The number of halogens is 4. The summed E-state index contributed by atoms with van der Waals surface area (Å²) in [4.78, 5) is 7.24. The lowest BCUT2D eigenvalue weighted by Crippen LogP contribution is -2.47. The second-order valence-corrected chi connectivity index (χ2v) is 4.42. The zero-order valence-corrected chi connectivity index (χ0v) is 9.65. The van der Waals surface area contributed by atoms with Crippen LogP contribution in [0, 0.1) is 0 Å². The largest absolute Gasteiger partial charge is 0.433 e. The Balaban J connectivity index is 2.17. The number of hydrogen-bond donors (Lipinski definition) is 1. The van der Waals surface area contributed by atoms with Gasteiger partial charge in [0.2, 0.25) is 5.95 Å². The standard InChI is InChI=1S/C10H11ClF3N3/c11-6-9(3-1-4-9)17-8-15-5-2-7(16-8)10(12,13)14/h2,5H,1,3-4,6H2,(H,15,16,17). The van der Waals surface area contributed by atoms with Crippen LogP contribution in [0.15, 0.2) is 12.3 Å². The lowest BCUT2D eigenvalue weighted by atomic mass is 9.78. The smallest absolute Gasteiger partial charge is 0.348 e. The van der Waals surface area contributed by atoms with Crippen molar-refractivity contribution in [3.63, 3.8) is 0 Å². The highest BCUT2D eigenvalue weighted by atomic mass is 35.5. The van der Waals surface area contributed by atoms with Crippen molar-refractivity contribution in [2.24, 2.45) is 0 Å². The Bertz CT molecular complexity index is 399. The number of anilines is 1. The number of nitrogens with zero attached hydrogens (tertiary/aromatic N) is 2. The monoisotopic (exact) mass is 265 g/mol. The summed E-state index contributed by atoms with van der Waals surface area (Å²) in [6.45, 7) is 0. The van der Waals surface area contributed by atoms with E-state index >= 15 is 0 Å². The number of rotatable bonds is 3. The Morgan fingerprint density at radius 1 is 1.41 bits per heavy atom. The maximum Gasteiger partial charge on any atom is 0.433 e. The van der Waals surface area contributed by atoms with Gasteiger partial charge in [-0.15, -0.1) is 11.6 Å². The topological polar surface area (TPSA) is 37.8 Å². The predicted molar refractivity (Wildman–Crippen MR) is 58.0 cm³/mol. The van der Waals surface area contributed by atoms with E-state index in [1.54, 1.807) is 0 Å². The molecule has 1 heterocycles. The molecule has 17 heavy (non-hydrogen) atoms. The molecular weight excluding hydrogens is 255 g/mol. The van der Waals surface area contributed by atoms with Crippen molar-refractivity contribution in [3.05, 3.63) is 18.0 Å². The van der Waals surface area contributed by atoms with E-state index in [2.05, 4.69) is 15.3 Å². The highest BCUT2D eigenvalue weighted by Crippen LogP contribution is 2.36. The van der Waals surface area contributed by atoms with Gasteiger partial charge in [0.05, 0.1) is 5.54 Å². The van der Waals surface area contributed by atoms with Crippen LogP contribution in [-0.4, -0.2) is 21.4 Å². The van der Waals surface area contributed by atoms with Crippen molar-refractivity contribution in [2.45, 2.75) is 31.0 Å². The number of nitrogens with one attached hydrogen (secondary N) is 1. The number of alkyl halides is 4. The molecule has 1 aliphatic carbocycles. The van der Waals surface area contributed by atoms with Crippen LogP contribution in [-0.2, 0) is 6.18 Å². The summed E-state index contributed by atoms with van der Waals surface area (Å²) in [6.07, 6.45) is -0.684. The summed E-state index contributed by atoms with van der Waals surface area (Å²) >= 11 is 5.80. The van der Waals surface area contributed by atoms with Crippen LogP contribution >= 0.6 is 11.6 Å². The van der Waals surface area contributed by atoms with Crippen molar-refractivity contribution in [3.8, 4) is 0 Å². The third-order valence-corrected chi connectivity index (χ3v) is 3.40. The minimum Gasteiger partial charge on any atom is -0.348 e. The van der Waals surface area contributed by atoms with Crippen molar-refractivity contribution in [1.29, 1.82) is 0 Å². The van der Waals surface area contributed by atoms with E-state index in [0.29, 0.717) is 5.88 Å². The van der Waals surface area contributed by atoms with E-state index in [4.69, 9.17) is 11.6 Å². The minimum atomic E-state index is -4.45. The molecule has 0 bridgehead atoms. The van der Waals surface area contributed by atoms with Gasteiger partial charge in [0.1, 0.15) is 5.69 Å². The molecule has 0 unspecified atom stereocenters. The molecule has 1 aliphatic rings. The molecule has 94 valence electrons. The molecule has 0 aromatic carbocycles. The Labute approximate surface area is 101 Å². The normalized spacial score (nSPS) is 18.6. The third-order valence-electron chi connectivity index (χ3n) is 2.89. The van der Waals surface area contributed by atoms with Crippen LogP contribution in [0.3, 0.4) is 0 Å². The molecule has 0 atom stereocenters. The lowest BCUT2D eigenvalue weighted by Gasteiger charge is -2.40. The first-order valence-corrected chi connectivity index (χ1v) is 5.73. The molecule has 1 fully saturated rings. The number of aromatic nitrogens is 2. The summed E-state index contributed by atoms with van der Waals surface area (Å²) < 4.78 is 37.3. The first kappa shape index (κ1) is 12.4. The van der Waals surface area contributed by atoms with Gasteiger partial charge in [0.15, 0.2) is 0 Å². The molecule has 0 radical (unpaired) electrons. The SMILES string of the molecule is FC(F)(F)c1ccnc(NC2(CCl)CCC2)n1. The van der Waals surface area contributed by atoms with E-state index in [1.807, 2.05) is 0 Å². The molecule has 1 aromatic rings. The molecular formula is C10H11ClF3N3. The van der Waals surface area contributed by atoms with Gasteiger partial charge in [-0.1, -0.05) is 0 Å². The Kier molecular flexibility index (Phi) is 3.16. The molecule has 3 nitrogen and oxygen atoms in total. The van der Waals surface area contributed by atoms with E-state index < -0.39 is 11.9 Å². The highest BCUT2D eigenvalue weighted by Gasteiger charge is 2.38. The van der Waals surface area contributed by atoms with Gasteiger partial charge in [-0.25, -0.2) is 9.97 Å². The molecule has 1 saturated carbocycles. The van der Waals surface area contributed by atoms with Gasteiger partial charge in [-0.05, 0) is 25.3 Å². The molecule has 0 saturated heterocycles. The Morgan fingerprint density at radius 3 is 2.59 bits per heavy atom. The van der Waals surface area contributed by atoms with Crippen molar-refractivity contribution in [2.75, 3.05) is 11.2 Å².